The summed E-state index contributed by atoms with van der Waals surface area (Å²) in [6, 6.07) is 8.92. The van der Waals surface area contributed by atoms with Crippen LogP contribution >= 0.6 is 0 Å². The van der Waals surface area contributed by atoms with E-state index in [1.165, 1.54) is 24.3 Å². The molecular weight excluding hydrogens is 290 g/mol. The number of benzene rings is 1. The third-order valence-electron chi connectivity index (χ3n) is 3.50. The van der Waals surface area contributed by atoms with Crippen LogP contribution in [0.2, 0.25) is 0 Å². The average molecular weight is 308 g/mol. The lowest BCUT2D eigenvalue weighted by molar-refractivity contribution is -0.136. The lowest BCUT2D eigenvalue weighted by Gasteiger charge is -2.29. The van der Waals surface area contributed by atoms with Crippen molar-refractivity contribution in [2.45, 2.75) is 25.6 Å². The summed E-state index contributed by atoms with van der Waals surface area (Å²) in [5, 5.41) is 0. The largest absolute Gasteiger partial charge is 0.336 e. The number of likely N-dealkylation sites (N-methyl/N-ethyl adjacent to an activating group) is 1. The molecule has 0 aliphatic heterocycles. The van der Waals surface area contributed by atoms with Crippen molar-refractivity contribution in [3.63, 3.8) is 0 Å². The number of carbonyl (C=O) groups excluding carboxylic acids is 1. The van der Waals surface area contributed by atoms with Gasteiger partial charge in [-0.15, -0.1) is 0 Å². The van der Waals surface area contributed by atoms with Crippen LogP contribution in [0, 0.1) is 0 Å². The number of halogens is 2. The number of imidazole rings is 1. The van der Waals surface area contributed by atoms with Crippen molar-refractivity contribution in [3.05, 3.63) is 54.1 Å². The summed E-state index contributed by atoms with van der Waals surface area (Å²) in [5.41, 5.74) is 5.56. The molecule has 1 atom stereocenters. The van der Waals surface area contributed by atoms with Crippen LogP contribution in [0.3, 0.4) is 0 Å². The number of hydrogen-bond donors (Lipinski definition) is 1. The maximum Gasteiger partial charge on any atom is 0.319 e. The first-order valence-corrected chi connectivity index (χ1v) is 6.74. The van der Waals surface area contributed by atoms with Gasteiger partial charge in [0.2, 0.25) is 5.91 Å². The molecule has 1 amide bonds. The molecule has 0 aliphatic rings. The van der Waals surface area contributed by atoms with Crippen molar-refractivity contribution < 1.29 is 13.6 Å². The number of nitrogens with two attached hydrogens (primary N) is 1. The van der Waals surface area contributed by atoms with Gasteiger partial charge in [0.15, 0.2) is 0 Å². The molecule has 22 heavy (non-hydrogen) atoms. The Hall–Kier alpha value is -2.28. The fourth-order valence-corrected chi connectivity index (χ4v) is 2.23. The predicted molar refractivity (Wildman–Crippen MR) is 77.9 cm³/mol. The molecule has 5 nitrogen and oxygen atoms in total. The fourth-order valence-electron chi connectivity index (χ4n) is 2.23. The predicted octanol–water partition coefficient (Wildman–Crippen LogP) is 2.11. The van der Waals surface area contributed by atoms with E-state index in [1.807, 2.05) is 6.07 Å². The van der Waals surface area contributed by atoms with Crippen LogP contribution in [-0.4, -0.2) is 27.4 Å². The van der Waals surface area contributed by atoms with Gasteiger partial charge in [0.1, 0.15) is 11.4 Å². The zero-order valence-corrected chi connectivity index (χ0v) is 12.4. The Morgan fingerprint density at radius 3 is 2.64 bits per heavy atom. The summed E-state index contributed by atoms with van der Waals surface area (Å²) >= 11 is 0. The highest BCUT2D eigenvalue weighted by atomic mass is 19.3. The standard InChI is InChI=1S/C15H18F2N4O/c1-15(18,11-6-4-3-5-7-11)13(22)20(2)10-12-19-8-9-21(12)14(16)17/h3-9,14H,10,18H2,1-2H3. The molecular formula is C15H18F2N4O. The Labute approximate surface area is 127 Å². The van der Waals surface area contributed by atoms with Crippen LogP contribution < -0.4 is 5.73 Å². The van der Waals surface area contributed by atoms with Crippen LogP contribution in [0.1, 0.15) is 24.9 Å². The number of alkyl halides is 2. The van der Waals surface area contributed by atoms with Crippen LogP contribution in [-0.2, 0) is 16.9 Å². The van der Waals surface area contributed by atoms with Crippen molar-refractivity contribution in [2.75, 3.05) is 7.05 Å². The van der Waals surface area contributed by atoms with Crippen molar-refractivity contribution in [3.8, 4) is 0 Å². The molecule has 7 heteroatoms. The molecule has 0 saturated carbocycles. The van der Waals surface area contributed by atoms with Crippen molar-refractivity contribution in [1.29, 1.82) is 0 Å². The number of carbonyl (C=O) groups is 1. The number of hydrogen-bond acceptors (Lipinski definition) is 3. The number of aromatic nitrogens is 2. The van der Waals surface area contributed by atoms with Gasteiger partial charge in [0.05, 0.1) is 6.54 Å². The molecule has 1 heterocycles. The summed E-state index contributed by atoms with van der Waals surface area (Å²) < 4.78 is 26.3. The Morgan fingerprint density at radius 1 is 1.41 bits per heavy atom. The highest BCUT2D eigenvalue weighted by Crippen LogP contribution is 2.21. The molecule has 1 unspecified atom stereocenters. The number of amides is 1. The Morgan fingerprint density at radius 2 is 2.05 bits per heavy atom. The summed E-state index contributed by atoms with van der Waals surface area (Å²) in [5.74, 6) is -0.266. The third-order valence-corrected chi connectivity index (χ3v) is 3.50. The molecule has 0 fully saturated rings. The smallest absolute Gasteiger partial charge is 0.319 e. The van der Waals surface area contributed by atoms with Gasteiger partial charge >= 0.3 is 6.55 Å². The zero-order chi connectivity index (χ0) is 16.3. The van der Waals surface area contributed by atoms with Crippen molar-refractivity contribution >= 4 is 5.91 Å². The SMILES string of the molecule is CN(Cc1nccn1C(F)F)C(=O)C(C)(N)c1ccccc1. The van der Waals surface area contributed by atoms with Gasteiger partial charge < -0.3 is 10.6 Å². The van der Waals surface area contributed by atoms with Gasteiger partial charge in [-0.05, 0) is 12.5 Å². The average Bonchev–Trinajstić information content (AvgIpc) is 2.95. The van der Waals surface area contributed by atoms with Crippen LogP contribution in [0.5, 0.6) is 0 Å². The highest BCUT2D eigenvalue weighted by molar-refractivity contribution is 5.86. The molecule has 1 aromatic carbocycles. The first kappa shape index (κ1) is 16.1. The lowest BCUT2D eigenvalue weighted by atomic mass is 9.92. The minimum absolute atomic E-state index is 0.0458. The Kier molecular flexibility index (Phi) is 4.56. The maximum atomic E-state index is 12.8. The minimum Gasteiger partial charge on any atom is -0.336 e. The number of nitrogens with zero attached hydrogens (tertiary/aromatic N) is 3. The van der Waals surface area contributed by atoms with Gasteiger partial charge in [-0.3, -0.25) is 9.36 Å². The quantitative estimate of drug-likeness (QED) is 0.920. The van der Waals surface area contributed by atoms with Crippen molar-refractivity contribution in [1.82, 2.24) is 14.5 Å². The second-order valence-corrected chi connectivity index (χ2v) is 5.26. The van der Waals surface area contributed by atoms with Gasteiger partial charge in [-0.2, -0.15) is 8.78 Å². The third kappa shape index (κ3) is 3.14. The van der Waals surface area contributed by atoms with Gasteiger partial charge in [-0.25, -0.2) is 4.98 Å². The molecule has 0 radical (unpaired) electrons. The van der Waals surface area contributed by atoms with E-state index in [1.54, 1.807) is 31.2 Å². The van der Waals surface area contributed by atoms with E-state index < -0.39 is 12.1 Å². The zero-order valence-electron chi connectivity index (χ0n) is 12.4. The van der Waals surface area contributed by atoms with Gasteiger partial charge in [0, 0.05) is 19.4 Å². The fraction of sp³-hybridized carbons (Fsp3) is 0.333. The lowest BCUT2D eigenvalue weighted by Crippen LogP contribution is -2.49. The molecule has 1 aromatic heterocycles. The van der Waals surface area contributed by atoms with E-state index in [0.717, 1.165) is 4.57 Å². The van der Waals surface area contributed by atoms with Crippen molar-refractivity contribution in [2.24, 2.45) is 5.73 Å². The first-order valence-electron chi connectivity index (χ1n) is 6.74. The maximum absolute atomic E-state index is 12.8. The highest BCUT2D eigenvalue weighted by Gasteiger charge is 2.33. The van der Waals surface area contributed by atoms with Gasteiger partial charge in [-0.1, -0.05) is 30.3 Å². The second-order valence-electron chi connectivity index (χ2n) is 5.26. The summed E-state index contributed by atoms with van der Waals surface area (Å²) in [4.78, 5) is 17.7. The second kappa shape index (κ2) is 6.23. The van der Waals surface area contributed by atoms with Crippen LogP contribution in [0.25, 0.3) is 0 Å². The van der Waals surface area contributed by atoms with E-state index >= 15 is 0 Å². The van der Waals surface area contributed by atoms with E-state index in [4.69, 9.17) is 5.73 Å². The van der Waals surface area contributed by atoms with Gasteiger partial charge in [0.25, 0.3) is 0 Å². The molecule has 0 aliphatic carbocycles. The molecule has 0 spiro atoms. The minimum atomic E-state index is -2.70. The molecule has 0 saturated heterocycles. The molecule has 118 valence electrons. The van der Waals surface area contributed by atoms with E-state index in [9.17, 15) is 13.6 Å². The van der Waals surface area contributed by atoms with E-state index in [0.29, 0.717) is 5.56 Å². The van der Waals surface area contributed by atoms with Crippen LogP contribution in [0.15, 0.2) is 42.7 Å². The molecule has 0 bridgehead atoms. The molecule has 2 N–H and O–H groups in total. The van der Waals surface area contributed by atoms with Crippen LogP contribution in [0.4, 0.5) is 8.78 Å². The van der Waals surface area contributed by atoms with E-state index in [-0.39, 0.29) is 18.3 Å². The van der Waals surface area contributed by atoms with E-state index in [2.05, 4.69) is 4.98 Å². The number of rotatable bonds is 5. The summed E-state index contributed by atoms with van der Waals surface area (Å²) in [7, 11) is 1.51. The summed E-state index contributed by atoms with van der Waals surface area (Å²) in [6.45, 7) is -1.14. The molecule has 2 rings (SSSR count). The summed E-state index contributed by atoms with van der Waals surface area (Å²) in [6.07, 6.45) is 2.45. The Balaban J connectivity index is 2.17. The topological polar surface area (TPSA) is 64.2 Å². The first-order chi connectivity index (χ1) is 10.3. The molecule has 2 aromatic rings. The Bertz CT molecular complexity index is 640. The monoisotopic (exact) mass is 308 g/mol. The normalized spacial score (nSPS) is 13.9.